The SMILES string of the molecule is CCn1c(C)nc([N+](=O)[O-])c1N1CCC(CNC)CC1. The van der Waals surface area contributed by atoms with E-state index in [-0.39, 0.29) is 10.7 Å². The molecule has 7 heteroatoms. The first kappa shape index (κ1) is 14.8. The van der Waals surface area contributed by atoms with Crippen molar-refractivity contribution >= 4 is 11.6 Å². The van der Waals surface area contributed by atoms with E-state index in [9.17, 15) is 10.1 Å². The molecule has 1 aromatic rings. The maximum atomic E-state index is 11.2. The lowest BCUT2D eigenvalue weighted by Gasteiger charge is -2.33. The predicted molar refractivity (Wildman–Crippen MR) is 78.2 cm³/mol. The minimum atomic E-state index is -0.367. The van der Waals surface area contributed by atoms with Crippen LogP contribution in [0, 0.1) is 23.0 Å². The van der Waals surface area contributed by atoms with Crippen molar-refractivity contribution in [2.75, 3.05) is 31.6 Å². The number of piperidine rings is 1. The summed E-state index contributed by atoms with van der Waals surface area (Å²) in [5.41, 5.74) is 0. The Morgan fingerprint density at radius 2 is 2.10 bits per heavy atom. The molecule has 1 aliphatic rings. The van der Waals surface area contributed by atoms with Gasteiger partial charge in [-0.1, -0.05) is 0 Å². The van der Waals surface area contributed by atoms with Crippen LogP contribution in [-0.2, 0) is 6.54 Å². The minimum Gasteiger partial charge on any atom is -0.358 e. The lowest BCUT2D eigenvalue weighted by atomic mass is 9.97. The van der Waals surface area contributed by atoms with Gasteiger partial charge < -0.3 is 20.3 Å². The van der Waals surface area contributed by atoms with E-state index in [4.69, 9.17) is 0 Å². The molecule has 2 heterocycles. The summed E-state index contributed by atoms with van der Waals surface area (Å²) in [7, 11) is 1.97. The normalized spacial score (nSPS) is 16.6. The molecule has 1 fully saturated rings. The van der Waals surface area contributed by atoms with E-state index in [1.54, 1.807) is 0 Å². The molecule has 0 aromatic carbocycles. The fraction of sp³-hybridized carbons (Fsp3) is 0.769. The number of hydrogen-bond acceptors (Lipinski definition) is 5. The number of rotatable bonds is 5. The van der Waals surface area contributed by atoms with Gasteiger partial charge in [-0.2, -0.15) is 0 Å². The summed E-state index contributed by atoms with van der Waals surface area (Å²) < 4.78 is 1.94. The Morgan fingerprint density at radius 3 is 2.60 bits per heavy atom. The van der Waals surface area contributed by atoms with Crippen LogP contribution in [0.3, 0.4) is 0 Å². The predicted octanol–water partition coefficient (Wildman–Crippen LogP) is 1.56. The molecular formula is C13H23N5O2. The van der Waals surface area contributed by atoms with Crippen molar-refractivity contribution in [2.24, 2.45) is 5.92 Å². The highest BCUT2D eigenvalue weighted by atomic mass is 16.6. The average Bonchev–Trinajstić information content (AvgIpc) is 2.77. The van der Waals surface area contributed by atoms with Crippen LogP contribution in [0.5, 0.6) is 0 Å². The topological polar surface area (TPSA) is 76.2 Å². The summed E-state index contributed by atoms with van der Waals surface area (Å²) in [4.78, 5) is 17.1. The first-order valence-electron chi connectivity index (χ1n) is 7.19. The van der Waals surface area contributed by atoms with Crippen LogP contribution in [0.15, 0.2) is 0 Å². The van der Waals surface area contributed by atoms with Gasteiger partial charge in [-0.3, -0.25) is 4.57 Å². The zero-order valence-corrected chi connectivity index (χ0v) is 12.4. The van der Waals surface area contributed by atoms with E-state index in [0.29, 0.717) is 24.1 Å². The Balaban J connectivity index is 2.22. The van der Waals surface area contributed by atoms with Crippen molar-refractivity contribution < 1.29 is 4.92 Å². The van der Waals surface area contributed by atoms with Crippen molar-refractivity contribution in [2.45, 2.75) is 33.2 Å². The van der Waals surface area contributed by atoms with Crippen LogP contribution >= 0.6 is 0 Å². The van der Waals surface area contributed by atoms with Crippen LogP contribution < -0.4 is 10.2 Å². The molecule has 0 spiro atoms. The lowest BCUT2D eigenvalue weighted by molar-refractivity contribution is -0.388. The van der Waals surface area contributed by atoms with E-state index in [1.165, 1.54) is 0 Å². The standard InChI is InChI=1S/C13H23N5O2/c1-4-17-10(2)15-12(18(19)20)13(17)16-7-5-11(6-8-16)9-14-3/h11,14H,4-9H2,1-3H3. The molecule has 1 aromatic heterocycles. The maximum Gasteiger partial charge on any atom is 0.406 e. The number of hydrogen-bond donors (Lipinski definition) is 1. The number of nitrogens with zero attached hydrogens (tertiary/aromatic N) is 4. The Kier molecular flexibility index (Phi) is 4.59. The zero-order valence-electron chi connectivity index (χ0n) is 12.4. The van der Waals surface area contributed by atoms with E-state index in [1.807, 2.05) is 25.5 Å². The summed E-state index contributed by atoms with van der Waals surface area (Å²) in [6.45, 7) is 7.26. The van der Waals surface area contributed by atoms with Gasteiger partial charge in [0.15, 0.2) is 0 Å². The van der Waals surface area contributed by atoms with Gasteiger partial charge in [0.2, 0.25) is 11.6 Å². The van der Waals surface area contributed by atoms with Crippen molar-refractivity contribution in [1.82, 2.24) is 14.9 Å². The molecule has 0 amide bonds. The number of anilines is 1. The number of nitro groups is 1. The largest absolute Gasteiger partial charge is 0.406 e. The van der Waals surface area contributed by atoms with Crippen molar-refractivity contribution in [3.63, 3.8) is 0 Å². The van der Waals surface area contributed by atoms with Crippen LogP contribution in [0.1, 0.15) is 25.6 Å². The first-order chi connectivity index (χ1) is 9.58. The van der Waals surface area contributed by atoms with Crippen molar-refractivity contribution in [3.05, 3.63) is 15.9 Å². The molecule has 0 aliphatic carbocycles. The van der Waals surface area contributed by atoms with E-state index < -0.39 is 0 Å². The molecule has 0 bridgehead atoms. The molecule has 1 aliphatic heterocycles. The third kappa shape index (κ3) is 2.77. The number of aryl methyl sites for hydroxylation is 1. The summed E-state index contributed by atoms with van der Waals surface area (Å²) >= 11 is 0. The number of imidazole rings is 1. The number of aromatic nitrogens is 2. The third-order valence-electron chi connectivity index (χ3n) is 4.01. The first-order valence-corrected chi connectivity index (χ1v) is 7.19. The molecule has 1 N–H and O–H groups in total. The Labute approximate surface area is 119 Å². The molecule has 1 saturated heterocycles. The quantitative estimate of drug-likeness (QED) is 0.654. The van der Waals surface area contributed by atoms with Gasteiger partial charge in [0, 0.05) is 26.6 Å². The Bertz CT molecular complexity index is 477. The zero-order chi connectivity index (χ0) is 14.7. The molecule has 0 unspecified atom stereocenters. The fourth-order valence-corrected chi connectivity index (χ4v) is 2.99. The van der Waals surface area contributed by atoms with Crippen molar-refractivity contribution in [3.8, 4) is 0 Å². The molecule has 2 rings (SSSR count). The number of nitrogens with one attached hydrogen (secondary N) is 1. The van der Waals surface area contributed by atoms with E-state index >= 15 is 0 Å². The van der Waals surface area contributed by atoms with Gasteiger partial charge >= 0.3 is 5.82 Å². The van der Waals surface area contributed by atoms with Gasteiger partial charge in [0.1, 0.15) is 0 Å². The molecule has 7 nitrogen and oxygen atoms in total. The fourth-order valence-electron chi connectivity index (χ4n) is 2.99. The second kappa shape index (κ2) is 6.21. The second-order valence-electron chi connectivity index (χ2n) is 5.30. The Morgan fingerprint density at radius 1 is 1.45 bits per heavy atom. The van der Waals surface area contributed by atoms with Gasteiger partial charge in [-0.05, 0) is 49.2 Å². The Hall–Kier alpha value is -1.63. The summed E-state index contributed by atoms with van der Waals surface area (Å²) in [5.74, 6) is 2.05. The molecular weight excluding hydrogens is 258 g/mol. The average molecular weight is 281 g/mol. The van der Waals surface area contributed by atoms with Gasteiger partial charge in [-0.25, -0.2) is 0 Å². The van der Waals surface area contributed by atoms with Crippen LogP contribution in [-0.4, -0.2) is 41.2 Å². The molecule has 0 saturated carbocycles. The van der Waals surface area contributed by atoms with Crippen LogP contribution in [0.4, 0.5) is 11.6 Å². The summed E-state index contributed by atoms with van der Waals surface area (Å²) in [6.07, 6.45) is 2.12. The maximum absolute atomic E-state index is 11.2. The summed E-state index contributed by atoms with van der Waals surface area (Å²) in [5, 5.41) is 14.4. The second-order valence-corrected chi connectivity index (χ2v) is 5.30. The monoisotopic (exact) mass is 281 g/mol. The van der Waals surface area contributed by atoms with Crippen LogP contribution in [0.25, 0.3) is 0 Å². The minimum absolute atomic E-state index is 0.00332. The van der Waals surface area contributed by atoms with Gasteiger partial charge in [-0.15, -0.1) is 0 Å². The van der Waals surface area contributed by atoms with Gasteiger partial charge in [0.25, 0.3) is 0 Å². The third-order valence-corrected chi connectivity index (χ3v) is 4.01. The summed E-state index contributed by atoms with van der Waals surface area (Å²) in [6, 6.07) is 0. The molecule has 0 radical (unpaired) electrons. The highest BCUT2D eigenvalue weighted by Gasteiger charge is 2.31. The molecule has 0 atom stereocenters. The van der Waals surface area contributed by atoms with Gasteiger partial charge in [0.05, 0.1) is 0 Å². The van der Waals surface area contributed by atoms with E-state index in [2.05, 4.69) is 15.2 Å². The highest BCUT2D eigenvalue weighted by Crippen LogP contribution is 2.32. The molecule has 20 heavy (non-hydrogen) atoms. The lowest BCUT2D eigenvalue weighted by Crippen LogP contribution is -2.38. The van der Waals surface area contributed by atoms with E-state index in [0.717, 1.165) is 32.5 Å². The highest BCUT2D eigenvalue weighted by molar-refractivity contribution is 5.56. The van der Waals surface area contributed by atoms with Crippen molar-refractivity contribution in [1.29, 1.82) is 0 Å². The smallest absolute Gasteiger partial charge is 0.358 e. The van der Waals surface area contributed by atoms with Crippen LogP contribution in [0.2, 0.25) is 0 Å². The molecule has 112 valence electrons.